The number of allylic oxidation sites excluding steroid dienone is 3. The number of unbranched alkanes of at least 4 members (excludes halogenated alkanes) is 1. The van der Waals surface area contributed by atoms with Gasteiger partial charge in [0, 0.05) is 6.42 Å². The molecule has 116 valence electrons. The number of carbonyl (C=O) groups is 1. The molecule has 0 aliphatic heterocycles. The lowest BCUT2D eigenvalue weighted by Gasteiger charge is -2.05. The van der Waals surface area contributed by atoms with Gasteiger partial charge in [-0.25, -0.2) is 0 Å². The van der Waals surface area contributed by atoms with Gasteiger partial charge < -0.3 is 4.74 Å². The fourth-order valence-corrected chi connectivity index (χ4v) is 1.86. The first-order valence-electron chi connectivity index (χ1n) is 7.86. The summed E-state index contributed by atoms with van der Waals surface area (Å²) in [4.78, 5) is 11.5. The minimum atomic E-state index is -0.0675. The standard InChI is InChI=1S/C18H32O2/c1-15(2)9-6-7-12-18(19)20-14-13-17(5)11-8-10-16(3)4/h10,13,15H,6-9,11-12,14H2,1-5H3/b17-13+. The molecular weight excluding hydrogens is 248 g/mol. The molecule has 0 aliphatic rings. The summed E-state index contributed by atoms with van der Waals surface area (Å²) in [5.74, 6) is 0.652. The Bertz CT molecular complexity index is 320. The van der Waals surface area contributed by atoms with E-state index in [1.807, 2.05) is 6.08 Å². The first kappa shape index (κ1) is 18.9. The Morgan fingerprint density at radius 3 is 2.35 bits per heavy atom. The average Bonchev–Trinajstić information content (AvgIpc) is 2.34. The van der Waals surface area contributed by atoms with Crippen LogP contribution in [0.1, 0.15) is 73.1 Å². The van der Waals surface area contributed by atoms with Gasteiger partial charge in [0.1, 0.15) is 6.61 Å². The van der Waals surface area contributed by atoms with Crippen molar-refractivity contribution >= 4 is 5.97 Å². The van der Waals surface area contributed by atoms with Crippen LogP contribution in [0.3, 0.4) is 0 Å². The van der Waals surface area contributed by atoms with Gasteiger partial charge in [-0.3, -0.25) is 4.79 Å². The zero-order chi connectivity index (χ0) is 15.4. The zero-order valence-corrected chi connectivity index (χ0v) is 14.0. The molecule has 0 aromatic rings. The molecule has 0 saturated carbocycles. The first-order chi connectivity index (χ1) is 9.41. The van der Waals surface area contributed by atoms with Crippen molar-refractivity contribution in [3.8, 4) is 0 Å². The van der Waals surface area contributed by atoms with E-state index in [9.17, 15) is 4.79 Å². The number of hydrogen-bond donors (Lipinski definition) is 0. The van der Waals surface area contributed by atoms with E-state index in [-0.39, 0.29) is 5.97 Å². The SMILES string of the molecule is CC(C)=CCC/C(C)=C/COC(=O)CCCCC(C)C. The number of carbonyl (C=O) groups excluding carboxylic acids is 1. The maximum Gasteiger partial charge on any atom is 0.306 e. The highest BCUT2D eigenvalue weighted by molar-refractivity contribution is 5.69. The van der Waals surface area contributed by atoms with Crippen LogP contribution in [0, 0.1) is 5.92 Å². The summed E-state index contributed by atoms with van der Waals surface area (Å²) >= 11 is 0. The monoisotopic (exact) mass is 280 g/mol. The first-order valence-corrected chi connectivity index (χ1v) is 7.86. The molecule has 2 heteroatoms. The molecule has 0 heterocycles. The van der Waals surface area contributed by atoms with Gasteiger partial charge in [0.15, 0.2) is 0 Å². The third-order valence-corrected chi connectivity index (χ3v) is 3.18. The Morgan fingerprint density at radius 1 is 1.05 bits per heavy atom. The van der Waals surface area contributed by atoms with Crippen molar-refractivity contribution in [1.29, 1.82) is 0 Å². The fourth-order valence-electron chi connectivity index (χ4n) is 1.86. The minimum Gasteiger partial charge on any atom is -0.461 e. The fraction of sp³-hybridized carbons (Fsp3) is 0.722. The smallest absolute Gasteiger partial charge is 0.306 e. The predicted molar refractivity (Wildman–Crippen MR) is 86.7 cm³/mol. The molecule has 0 radical (unpaired) electrons. The second-order valence-electron chi connectivity index (χ2n) is 6.19. The number of esters is 1. The van der Waals surface area contributed by atoms with Crippen LogP contribution < -0.4 is 0 Å². The molecule has 0 unspecified atom stereocenters. The van der Waals surface area contributed by atoms with Crippen LogP contribution >= 0.6 is 0 Å². The summed E-state index contributed by atoms with van der Waals surface area (Å²) in [6.45, 7) is 11.2. The van der Waals surface area contributed by atoms with Crippen LogP contribution in [0.15, 0.2) is 23.3 Å². The molecule has 0 N–H and O–H groups in total. The van der Waals surface area contributed by atoms with Gasteiger partial charge >= 0.3 is 5.97 Å². The van der Waals surface area contributed by atoms with Gasteiger partial charge in [-0.2, -0.15) is 0 Å². The summed E-state index contributed by atoms with van der Waals surface area (Å²) in [6.07, 6.45) is 10.2. The van der Waals surface area contributed by atoms with Crippen molar-refractivity contribution in [2.75, 3.05) is 6.61 Å². The second kappa shape index (κ2) is 11.7. The molecule has 0 fully saturated rings. The Labute approximate surface area is 125 Å². The predicted octanol–water partition coefficient (Wildman–Crippen LogP) is 5.44. The summed E-state index contributed by atoms with van der Waals surface area (Å²) in [5, 5.41) is 0. The van der Waals surface area contributed by atoms with Crippen LogP contribution in [0.2, 0.25) is 0 Å². The number of hydrogen-bond acceptors (Lipinski definition) is 2. The Balaban J connectivity index is 3.65. The van der Waals surface area contributed by atoms with E-state index in [0.717, 1.165) is 31.6 Å². The molecule has 0 aromatic heterocycles. The van der Waals surface area contributed by atoms with E-state index in [2.05, 4.69) is 40.7 Å². The third-order valence-electron chi connectivity index (χ3n) is 3.18. The van der Waals surface area contributed by atoms with Crippen LogP contribution in [0.5, 0.6) is 0 Å². The maximum absolute atomic E-state index is 11.5. The van der Waals surface area contributed by atoms with Crippen LogP contribution in [0.4, 0.5) is 0 Å². The van der Waals surface area contributed by atoms with Gasteiger partial charge in [-0.1, -0.05) is 43.9 Å². The van der Waals surface area contributed by atoms with Gasteiger partial charge in [-0.15, -0.1) is 0 Å². The van der Waals surface area contributed by atoms with E-state index >= 15 is 0 Å². The quantitative estimate of drug-likeness (QED) is 0.302. The topological polar surface area (TPSA) is 26.3 Å². The van der Waals surface area contributed by atoms with Crippen molar-refractivity contribution in [3.63, 3.8) is 0 Å². The minimum absolute atomic E-state index is 0.0675. The highest BCUT2D eigenvalue weighted by Gasteiger charge is 2.02. The van der Waals surface area contributed by atoms with Crippen LogP contribution in [-0.4, -0.2) is 12.6 Å². The van der Waals surface area contributed by atoms with E-state index in [4.69, 9.17) is 4.74 Å². The number of rotatable bonds is 10. The Hall–Kier alpha value is -1.05. The van der Waals surface area contributed by atoms with Crippen LogP contribution in [0.25, 0.3) is 0 Å². The van der Waals surface area contributed by atoms with E-state index in [1.54, 1.807) is 0 Å². The van der Waals surface area contributed by atoms with Crippen molar-refractivity contribution < 1.29 is 9.53 Å². The van der Waals surface area contributed by atoms with E-state index in [1.165, 1.54) is 17.6 Å². The Kier molecular flexibility index (Phi) is 11.1. The third kappa shape index (κ3) is 13.4. The molecule has 20 heavy (non-hydrogen) atoms. The number of ether oxygens (including phenoxy) is 1. The lowest BCUT2D eigenvalue weighted by atomic mass is 10.1. The second-order valence-corrected chi connectivity index (χ2v) is 6.19. The lowest BCUT2D eigenvalue weighted by Crippen LogP contribution is -2.04. The molecule has 0 amide bonds. The highest BCUT2D eigenvalue weighted by Crippen LogP contribution is 2.09. The van der Waals surface area contributed by atoms with Crippen LogP contribution in [-0.2, 0) is 9.53 Å². The maximum atomic E-state index is 11.5. The van der Waals surface area contributed by atoms with Gasteiger partial charge in [0.05, 0.1) is 0 Å². The molecule has 0 atom stereocenters. The van der Waals surface area contributed by atoms with E-state index < -0.39 is 0 Å². The average molecular weight is 280 g/mol. The highest BCUT2D eigenvalue weighted by atomic mass is 16.5. The molecule has 0 saturated heterocycles. The summed E-state index contributed by atoms with van der Waals surface area (Å²) in [6, 6.07) is 0. The lowest BCUT2D eigenvalue weighted by molar-refractivity contribution is -0.142. The molecular formula is C18H32O2. The van der Waals surface area contributed by atoms with Gasteiger partial charge in [0.2, 0.25) is 0 Å². The van der Waals surface area contributed by atoms with Gasteiger partial charge in [-0.05, 0) is 52.0 Å². The molecule has 0 aliphatic carbocycles. The molecule has 0 bridgehead atoms. The van der Waals surface area contributed by atoms with Crippen molar-refractivity contribution in [2.45, 2.75) is 73.1 Å². The largest absolute Gasteiger partial charge is 0.461 e. The summed E-state index contributed by atoms with van der Waals surface area (Å²) < 4.78 is 5.22. The molecule has 0 aromatic carbocycles. The molecule has 0 rings (SSSR count). The van der Waals surface area contributed by atoms with Gasteiger partial charge in [0.25, 0.3) is 0 Å². The van der Waals surface area contributed by atoms with Crippen molar-refractivity contribution in [1.82, 2.24) is 0 Å². The molecule has 2 nitrogen and oxygen atoms in total. The van der Waals surface area contributed by atoms with E-state index in [0.29, 0.717) is 13.0 Å². The summed E-state index contributed by atoms with van der Waals surface area (Å²) in [7, 11) is 0. The molecule has 0 spiro atoms. The Morgan fingerprint density at radius 2 is 1.75 bits per heavy atom. The zero-order valence-electron chi connectivity index (χ0n) is 14.0. The normalized spacial score (nSPS) is 11.6. The summed E-state index contributed by atoms with van der Waals surface area (Å²) in [5.41, 5.74) is 2.64. The van der Waals surface area contributed by atoms with Crippen molar-refractivity contribution in [3.05, 3.63) is 23.3 Å². The van der Waals surface area contributed by atoms with Crippen molar-refractivity contribution in [2.24, 2.45) is 5.92 Å².